The molecule has 86 valence electrons. The van der Waals surface area contributed by atoms with E-state index in [1.165, 1.54) is 0 Å². The van der Waals surface area contributed by atoms with Crippen LogP contribution in [-0.2, 0) is 0 Å². The zero-order chi connectivity index (χ0) is 11.0. The first kappa shape index (κ1) is 11.2. The predicted molar refractivity (Wildman–Crippen MR) is 62.4 cm³/mol. The highest BCUT2D eigenvalue weighted by atomic mass is 32.2. The lowest BCUT2D eigenvalue weighted by Crippen LogP contribution is -2.43. The topological polar surface area (TPSA) is 64.9 Å². The van der Waals surface area contributed by atoms with Gasteiger partial charge in [-0.15, -0.1) is 11.8 Å². The lowest BCUT2D eigenvalue weighted by Gasteiger charge is -2.35. The van der Waals surface area contributed by atoms with Gasteiger partial charge < -0.3 is 15.5 Å². The van der Waals surface area contributed by atoms with Crippen molar-refractivity contribution in [2.45, 2.75) is 48.5 Å². The van der Waals surface area contributed by atoms with Gasteiger partial charge in [-0.25, -0.2) is 0 Å². The standard InChI is InChI=1S/C10H18N2O2S/c1-5(13)10-7(14)3-6-8(15-10)4-9(11-2)12-6/h5-8,10,13-14H,3-4H2,1-2H3,(H,11,12)/t5-,6+,7-,8+,10?/m0/s1. The molecule has 0 bridgehead atoms. The van der Waals surface area contributed by atoms with Gasteiger partial charge >= 0.3 is 0 Å². The van der Waals surface area contributed by atoms with Gasteiger partial charge in [0.1, 0.15) is 0 Å². The Bertz CT molecular complexity index is 270. The molecule has 2 aliphatic heterocycles. The molecule has 0 radical (unpaired) electrons. The van der Waals surface area contributed by atoms with Gasteiger partial charge in [-0.1, -0.05) is 0 Å². The van der Waals surface area contributed by atoms with Crippen LogP contribution >= 0.6 is 11.8 Å². The van der Waals surface area contributed by atoms with E-state index in [-0.39, 0.29) is 11.3 Å². The summed E-state index contributed by atoms with van der Waals surface area (Å²) in [4.78, 5) is 4.52. The fraction of sp³-hybridized carbons (Fsp3) is 0.900. The van der Waals surface area contributed by atoms with Crippen LogP contribution in [0.2, 0.25) is 0 Å². The largest absolute Gasteiger partial charge is 0.392 e. The summed E-state index contributed by atoms with van der Waals surface area (Å²) in [6.45, 7) is 1.75. The number of aliphatic imine (C=N–C) groups is 1. The van der Waals surface area contributed by atoms with Crippen molar-refractivity contribution < 1.29 is 10.2 Å². The maximum absolute atomic E-state index is 9.87. The minimum Gasteiger partial charge on any atom is -0.392 e. The molecule has 2 aliphatic rings. The molecule has 2 heterocycles. The third-order valence-electron chi connectivity index (χ3n) is 3.10. The number of hydrogen-bond acceptors (Lipinski definition) is 5. The third kappa shape index (κ3) is 2.14. The quantitative estimate of drug-likeness (QED) is 0.593. The number of aliphatic hydroxyl groups excluding tert-OH is 2. The van der Waals surface area contributed by atoms with E-state index in [1.54, 1.807) is 18.7 Å². The van der Waals surface area contributed by atoms with E-state index in [1.807, 2.05) is 7.05 Å². The summed E-state index contributed by atoms with van der Waals surface area (Å²) in [6, 6.07) is 0.224. The van der Waals surface area contributed by atoms with Crippen LogP contribution in [-0.4, -0.2) is 51.8 Å². The molecule has 0 amide bonds. The first-order valence-corrected chi connectivity index (χ1v) is 6.32. The summed E-state index contributed by atoms with van der Waals surface area (Å²) in [6.07, 6.45) is 0.723. The van der Waals surface area contributed by atoms with Crippen LogP contribution < -0.4 is 5.32 Å². The van der Waals surface area contributed by atoms with Crippen molar-refractivity contribution in [3.63, 3.8) is 0 Å². The zero-order valence-corrected chi connectivity index (χ0v) is 9.87. The van der Waals surface area contributed by atoms with Crippen molar-refractivity contribution in [3.05, 3.63) is 0 Å². The summed E-state index contributed by atoms with van der Waals surface area (Å²) in [7, 11) is 1.88. The van der Waals surface area contributed by atoms with Crippen molar-refractivity contribution >= 4 is 17.6 Å². The first-order valence-electron chi connectivity index (χ1n) is 5.38. The number of aliphatic hydroxyl groups is 2. The van der Waals surface area contributed by atoms with Gasteiger partial charge in [0.15, 0.2) is 0 Å². The van der Waals surface area contributed by atoms with E-state index in [9.17, 15) is 10.2 Å². The van der Waals surface area contributed by atoms with Gasteiger partial charge in [-0.3, -0.25) is 4.99 Å². The minimum absolute atomic E-state index is 0.0577. The number of nitrogens with one attached hydrogen (secondary N) is 1. The normalized spacial score (nSPS) is 42.0. The summed E-state index contributed by atoms with van der Waals surface area (Å²) < 4.78 is 0. The summed E-state index contributed by atoms with van der Waals surface area (Å²) in [5.74, 6) is 1.02. The molecule has 0 aromatic heterocycles. The van der Waals surface area contributed by atoms with Crippen LogP contribution in [0.3, 0.4) is 0 Å². The van der Waals surface area contributed by atoms with Crippen LogP contribution in [0.15, 0.2) is 4.99 Å². The summed E-state index contributed by atoms with van der Waals surface area (Å²) in [5, 5.41) is 22.9. The van der Waals surface area contributed by atoms with Gasteiger partial charge in [-0.05, 0) is 13.3 Å². The summed E-state index contributed by atoms with van der Waals surface area (Å²) >= 11 is 1.68. The Morgan fingerprint density at radius 2 is 2.33 bits per heavy atom. The molecule has 5 atom stereocenters. The Morgan fingerprint density at radius 1 is 1.60 bits per heavy atom. The molecule has 1 unspecified atom stereocenters. The van der Waals surface area contributed by atoms with Crippen LogP contribution in [0, 0.1) is 0 Å². The average molecular weight is 230 g/mol. The molecule has 0 saturated carbocycles. The summed E-state index contributed by atoms with van der Waals surface area (Å²) in [5.41, 5.74) is 0. The monoisotopic (exact) mass is 230 g/mol. The van der Waals surface area contributed by atoms with E-state index in [0.29, 0.717) is 11.7 Å². The predicted octanol–water partition coefficient (Wildman–Crippen LogP) is -0.00760. The molecular formula is C10H18N2O2S. The second-order valence-corrected chi connectivity index (χ2v) is 5.70. The minimum atomic E-state index is -0.454. The smallest absolute Gasteiger partial charge is 0.0976 e. The first-order chi connectivity index (χ1) is 7.11. The lowest BCUT2D eigenvalue weighted by atomic mass is 10.0. The van der Waals surface area contributed by atoms with E-state index < -0.39 is 12.2 Å². The highest BCUT2D eigenvalue weighted by Gasteiger charge is 2.41. The van der Waals surface area contributed by atoms with E-state index in [4.69, 9.17) is 0 Å². The Kier molecular flexibility index (Phi) is 3.23. The molecule has 1 saturated heterocycles. The van der Waals surface area contributed by atoms with Gasteiger partial charge in [0.25, 0.3) is 0 Å². The SMILES string of the molecule is CNC1=N[C@@H]2C[C@H](O)C([C@H](C)O)S[C@@H]2C1. The average Bonchev–Trinajstić information content (AvgIpc) is 2.58. The molecule has 0 aromatic carbocycles. The molecule has 3 N–H and O–H groups in total. The Balaban J connectivity index is 2.03. The van der Waals surface area contributed by atoms with E-state index in [2.05, 4.69) is 10.3 Å². The van der Waals surface area contributed by atoms with Gasteiger partial charge in [0.2, 0.25) is 0 Å². The maximum Gasteiger partial charge on any atom is 0.0976 e. The molecule has 15 heavy (non-hydrogen) atoms. The van der Waals surface area contributed by atoms with Crippen molar-refractivity contribution in [1.82, 2.24) is 5.32 Å². The molecule has 0 aliphatic carbocycles. The van der Waals surface area contributed by atoms with Gasteiger partial charge in [0.05, 0.1) is 29.3 Å². The molecule has 0 aromatic rings. The highest BCUT2D eigenvalue weighted by molar-refractivity contribution is 8.00. The third-order valence-corrected chi connectivity index (χ3v) is 4.96. The Morgan fingerprint density at radius 3 is 2.93 bits per heavy atom. The highest BCUT2D eigenvalue weighted by Crippen LogP contribution is 2.40. The molecule has 4 nitrogen and oxygen atoms in total. The van der Waals surface area contributed by atoms with Gasteiger partial charge in [-0.2, -0.15) is 0 Å². The van der Waals surface area contributed by atoms with Crippen molar-refractivity contribution in [2.75, 3.05) is 7.05 Å². The van der Waals surface area contributed by atoms with Crippen LogP contribution in [0.5, 0.6) is 0 Å². The number of amidine groups is 1. The number of fused-ring (bicyclic) bond motifs is 1. The molecular weight excluding hydrogens is 212 g/mol. The van der Waals surface area contributed by atoms with Crippen molar-refractivity contribution in [2.24, 2.45) is 4.99 Å². The molecule has 5 heteroatoms. The van der Waals surface area contributed by atoms with E-state index >= 15 is 0 Å². The number of rotatable bonds is 1. The van der Waals surface area contributed by atoms with Crippen LogP contribution in [0.25, 0.3) is 0 Å². The number of nitrogens with zero attached hydrogens (tertiary/aromatic N) is 1. The van der Waals surface area contributed by atoms with Gasteiger partial charge in [0, 0.05) is 18.7 Å². The van der Waals surface area contributed by atoms with E-state index in [0.717, 1.165) is 12.3 Å². The number of hydrogen-bond donors (Lipinski definition) is 3. The molecule has 2 rings (SSSR count). The maximum atomic E-state index is 9.87. The van der Waals surface area contributed by atoms with Crippen molar-refractivity contribution in [3.8, 4) is 0 Å². The molecule has 1 fully saturated rings. The fourth-order valence-electron chi connectivity index (χ4n) is 2.28. The Labute approximate surface area is 94.2 Å². The fourth-order valence-corrected chi connectivity index (χ4v) is 3.81. The lowest BCUT2D eigenvalue weighted by molar-refractivity contribution is 0.0843. The Hall–Kier alpha value is -0.260. The second-order valence-electron chi connectivity index (χ2n) is 4.28. The van der Waals surface area contributed by atoms with Crippen LogP contribution in [0.4, 0.5) is 0 Å². The molecule has 0 spiro atoms. The second kappa shape index (κ2) is 4.31. The van der Waals surface area contributed by atoms with Crippen LogP contribution in [0.1, 0.15) is 19.8 Å². The van der Waals surface area contributed by atoms with Crippen molar-refractivity contribution in [1.29, 1.82) is 0 Å². The zero-order valence-electron chi connectivity index (χ0n) is 9.05. The number of thioether (sulfide) groups is 1.